The molecule has 0 radical (unpaired) electrons. The fraction of sp³-hybridized carbons (Fsp3) is 0.529. The van der Waals surface area contributed by atoms with Gasteiger partial charge >= 0.3 is 0 Å². The predicted molar refractivity (Wildman–Crippen MR) is 100 cm³/mol. The van der Waals surface area contributed by atoms with Crippen molar-refractivity contribution in [2.24, 2.45) is 0 Å². The molecule has 0 aromatic heterocycles. The lowest BCUT2D eigenvalue weighted by Gasteiger charge is -2.23. The molecule has 0 aliphatic carbocycles. The van der Waals surface area contributed by atoms with Crippen molar-refractivity contribution in [1.82, 2.24) is 10.2 Å². The minimum Gasteiger partial charge on any atom is -0.490 e. The van der Waals surface area contributed by atoms with Gasteiger partial charge in [0, 0.05) is 18.7 Å². The first-order valence-electron chi connectivity index (χ1n) is 8.04. The molecule has 1 aliphatic heterocycles. The summed E-state index contributed by atoms with van der Waals surface area (Å²) in [6.07, 6.45) is 4.81. The summed E-state index contributed by atoms with van der Waals surface area (Å²) in [5, 5.41) is 3.36. The molecular formula is C17H23BrN2O2S. The van der Waals surface area contributed by atoms with E-state index in [0.717, 1.165) is 36.2 Å². The highest BCUT2D eigenvalue weighted by molar-refractivity contribution is 9.10. The monoisotopic (exact) mass is 398 g/mol. The molecule has 6 heteroatoms. The van der Waals surface area contributed by atoms with Gasteiger partial charge in [0.05, 0.1) is 10.6 Å². The summed E-state index contributed by atoms with van der Waals surface area (Å²) in [4.78, 5) is 14.5. The molecule has 1 saturated heterocycles. The van der Waals surface area contributed by atoms with Gasteiger partial charge in [-0.3, -0.25) is 10.1 Å². The first kappa shape index (κ1) is 18.2. The molecule has 23 heavy (non-hydrogen) atoms. The summed E-state index contributed by atoms with van der Waals surface area (Å²) in [7, 11) is 0. The Balaban J connectivity index is 1.99. The van der Waals surface area contributed by atoms with Crippen LogP contribution in [0.15, 0.2) is 22.7 Å². The van der Waals surface area contributed by atoms with E-state index < -0.39 is 0 Å². The Morgan fingerprint density at radius 2 is 1.91 bits per heavy atom. The van der Waals surface area contributed by atoms with Crippen LogP contribution in [0.1, 0.15) is 49.9 Å². The summed E-state index contributed by atoms with van der Waals surface area (Å²) >= 11 is 8.83. The van der Waals surface area contributed by atoms with Gasteiger partial charge in [-0.05, 0) is 73.0 Å². The number of rotatable bonds is 3. The van der Waals surface area contributed by atoms with E-state index in [1.807, 2.05) is 13.8 Å². The largest absolute Gasteiger partial charge is 0.490 e. The van der Waals surface area contributed by atoms with Crippen LogP contribution < -0.4 is 10.1 Å². The lowest BCUT2D eigenvalue weighted by atomic mass is 10.2. The number of carbonyl (C=O) groups excluding carboxylic acids is 1. The molecular weight excluding hydrogens is 376 g/mol. The zero-order chi connectivity index (χ0) is 16.8. The van der Waals surface area contributed by atoms with Gasteiger partial charge in [-0.1, -0.05) is 12.8 Å². The van der Waals surface area contributed by atoms with E-state index in [1.165, 1.54) is 12.8 Å². The Morgan fingerprint density at radius 3 is 2.48 bits per heavy atom. The zero-order valence-electron chi connectivity index (χ0n) is 13.6. The molecule has 1 fully saturated rings. The van der Waals surface area contributed by atoms with E-state index in [9.17, 15) is 4.79 Å². The third-order valence-corrected chi connectivity index (χ3v) is 4.65. The lowest BCUT2D eigenvalue weighted by Crippen LogP contribution is -2.43. The van der Waals surface area contributed by atoms with Crippen molar-refractivity contribution < 1.29 is 9.53 Å². The second kappa shape index (κ2) is 8.64. The normalized spacial score (nSPS) is 15.2. The number of likely N-dealkylation sites (tertiary alicyclic amines) is 1. The fourth-order valence-electron chi connectivity index (χ4n) is 2.51. The Kier molecular flexibility index (Phi) is 6.84. The number of amides is 1. The number of hydrogen-bond donors (Lipinski definition) is 1. The molecule has 1 aromatic rings. The van der Waals surface area contributed by atoms with Crippen LogP contribution in [0.5, 0.6) is 5.75 Å². The van der Waals surface area contributed by atoms with Gasteiger partial charge in [-0.15, -0.1) is 0 Å². The van der Waals surface area contributed by atoms with Crippen LogP contribution in [0.3, 0.4) is 0 Å². The molecule has 0 bridgehead atoms. The van der Waals surface area contributed by atoms with Crippen molar-refractivity contribution in [3.63, 3.8) is 0 Å². The molecule has 1 aliphatic rings. The molecule has 1 heterocycles. The molecule has 1 aromatic carbocycles. The van der Waals surface area contributed by atoms with Crippen molar-refractivity contribution in [1.29, 1.82) is 0 Å². The molecule has 1 N–H and O–H groups in total. The zero-order valence-corrected chi connectivity index (χ0v) is 16.0. The molecule has 4 nitrogen and oxygen atoms in total. The van der Waals surface area contributed by atoms with Crippen LogP contribution in [-0.4, -0.2) is 35.1 Å². The van der Waals surface area contributed by atoms with Crippen molar-refractivity contribution in [3.05, 3.63) is 28.2 Å². The van der Waals surface area contributed by atoms with E-state index >= 15 is 0 Å². The number of nitrogens with zero attached hydrogens (tertiary/aromatic N) is 1. The average molecular weight is 399 g/mol. The highest BCUT2D eigenvalue weighted by Crippen LogP contribution is 2.27. The van der Waals surface area contributed by atoms with Crippen molar-refractivity contribution in [3.8, 4) is 5.75 Å². The van der Waals surface area contributed by atoms with Gasteiger partial charge in [0.15, 0.2) is 5.11 Å². The lowest BCUT2D eigenvalue weighted by molar-refractivity contribution is 0.0973. The number of ether oxygens (including phenoxy) is 1. The number of carbonyl (C=O) groups is 1. The minimum atomic E-state index is -0.184. The number of thiocarbonyl (C=S) groups is 1. The van der Waals surface area contributed by atoms with Crippen LogP contribution in [0.2, 0.25) is 0 Å². The second-order valence-electron chi connectivity index (χ2n) is 5.97. The summed E-state index contributed by atoms with van der Waals surface area (Å²) in [6.45, 7) is 5.77. The molecule has 2 rings (SSSR count). The topological polar surface area (TPSA) is 41.6 Å². The van der Waals surface area contributed by atoms with E-state index in [2.05, 4.69) is 26.1 Å². The van der Waals surface area contributed by atoms with Gasteiger partial charge in [0.25, 0.3) is 5.91 Å². The van der Waals surface area contributed by atoms with Crippen LogP contribution in [-0.2, 0) is 0 Å². The first-order valence-corrected chi connectivity index (χ1v) is 9.24. The SMILES string of the molecule is CC(C)Oc1ccc(C(=O)NC(=S)N2CCCCCC2)cc1Br. The predicted octanol–water partition coefficient (Wildman–Crippen LogP) is 4.13. The van der Waals surface area contributed by atoms with Gasteiger partial charge in [0.1, 0.15) is 5.75 Å². The molecule has 0 unspecified atom stereocenters. The average Bonchev–Trinajstić information content (AvgIpc) is 2.78. The molecule has 0 atom stereocenters. The second-order valence-corrected chi connectivity index (χ2v) is 7.21. The maximum Gasteiger partial charge on any atom is 0.257 e. The highest BCUT2D eigenvalue weighted by Gasteiger charge is 2.16. The van der Waals surface area contributed by atoms with Crippen molar-refractivity contribution in [2.45, 2.75) is 45.6 Å². The Bertz CT molecular complexity index is 570. The summed E-state index contributed by atoms with van der Waals surface area (Å²) in [5.74, 6) is 0.544. The quantitative estimate of drug-likeness (QED) is 0.777. The number of halogens is 1. The summed E-state index contributed by atoms with van der Waals surface area (Å²) in [5.41, 5.74) is 0.560. The smallest absolute Gasteiger partial charge is 0.257 e. The maximum atomic E-state index is 12.4. The molecule has 1 amide bonds. The number of nitrogens with one attached hydrogen (secondary N) is 1. The van der Waals surface area contributed by atoms with Crippen molar-refractivity contribution >= 4 is 39.2 Å². The third kappa shape index (κ3) is 5.46. The number of hydrogen-bond acceptors (Lipinski definition) is 3. The standard InChI is InChI=1S/C17H23BrN2O2S/c1-12(2)22-15-8-7-13(11-14(15)18)16(21)19-17(23)20-9-5-3-4-6-10-20/h7-8,11-12H,3-6,9-10H2,1-2H3,(H,19,21,23). The van der Waals surface area contributed by atoms with Crippen LogP contribution >= 0.6 is 28.1 Å². The van der Waals surface area contributed by atoms with Gasteiger partial charge in [-0.25, -0.2) is 0 Å². The van der Waals surface area contributed by atoms with Crippen molar-refractivity contribution in [2.75, 3.05) is 13.1 Å². The number of benzene rings is 1. The highest BCUT2D eigenvalue weighted by atomic mass is 79.9. The maximum absolute atomic E-state index is 12.4. The van der Waals surface area contributed by atoms with E-state index in [1.54, 1.807) is 18.2 Å². The van der Waals surface area contributed by atoms with Crippen LogP contribution in [0, 0.1) is 0 Å². The molecule has 126 valence electrons. The Hall–Kier alpha value is -1.14. The van der Waals surface area contributed by atoms with E-state index in [0.29, 0.717) is 10.7 Å². The first-order chi connectivity index (χ1) is 11.0. The Labute approximate surface area is 151 Å². The summed E-state index contributed by atoms with van der Waals surface area (Å²) in [6, 6.07) is 5.31. The van der Waals surface area contributed by atoms with Crippen LogP contribution in [0.25, 0.3) is 0 Å². The minimum absolute atomic E-state index is 0.0848. The molecule has 0 saturated carbocycles. The van der Waals surface area contributed by atoms with E-state index in [-0.39, 0.29) is 12.0 Å². The fourth-order valence-corrected chi connectivity index (χ4v) is 3.26. The van der Waals surface area contributed by atoms with Gasteiger partial charge in [-0.2, -0.15) is 0 Å². The summed E-state index contributed by atoms with van der Waals surface area (Å²) < 4.78 is 6.42. The van der Waals surface area contributed by atoms with E-state index in [4.69, 9.17) is 17.0 Å². The Morgan fingerprint density at radius 1 is 1.26 bits per heavy atom. The third-order valence-electron chi connectivity index (χ3n) is 3.67. The van der Waals surface area contributed by atoms with Gasteiger partial charge < -0.3 is 9.64 Å². The van der Waals surface area contributed by atoms with Crippen LogP contribution in [0.4, 0.5) is 0 Å². The van der Waals surface area contributed by atoms with Gasteiger partial charge in [0.2, 0.25) is 0 Å². The molecule has 0 spiro atoms.